The van der Waals surface area contributed by atoms with Gasteiger partial charge in [0.15, 0.2) is 0 Å². The molecule has 0 bridgehead atoms. The van der Waals surface area contributed by atoms with E-state index >= 15 is 0 Å². The fourth-order valence-corrected chi connectivity index (χ4v) is 6.42. The standard InChI is InChI=1S/C33H48N2O5/c1-20(2)24(16-29(37)40-32(5,6)7)18-33(8,9)17-21(3)14-22(4)23-10-11-26-25(15-23)19-35(31(26)39)27-12-13-28(36)34-30(27)38/h10-11,15,21-22,24,27H,1,12-14,16-19H2,2-9H3,(H,34,36,38). The lowest BCUT2D eigenvalue weighted by Crippen LogP contribution is -2.52. The molecule has 4 unspecified atom stereocenters. The van der Waals surface area contributed by atoms with Crippen LogP contribution in [0.4, 0.5) is 0 Å². The van der Waals surface area contributed by atoms with Crippen molar-refractivity contribution in [2.75, 3.05) is 0 Å². The van der Waals surface area contributed by atoms with Crippen molar-refractivity contribution >= 4 is 23.7 Å². The molecule has 2 aliphatic heterocycles. The molecule has 0 spiro atoms. The highest BCUT2D eigenvalue weighted by Gasteiger charge is 2.39. The summed E-state index contributed by atoms with van der Waals surface area (Å²) in [5.41, 5.74) is 3.32. The lowest BCUT2D eigenvalue weighted by Gasteiger charge is -2.33. The number of nitrogens with one attached hydrogen (secondary N) is 1. The number of nitrogens with zero attached hydrogens (tertiary/aromatic N) is 1. The smallest absolute Gasteiger partial charge is 0.306 e. The number of benzene rings is 1. The quantitative estimate of drug-likeness (QED) is 0.197. The summed E-state index contributed by atoms with van der Waals surface area (Å²) in [6, 6.07) is 5.43. The highest BCUT2D eigenvalue weighted by molar-refractivity contribution is 6.05. The second kappa shape index (κ2) is 12.3. The van der Waals surface area contributed by atoms with Crippen molar-refractivity contribution in [3.8, 4) is 0 Å². The number of piperidine rings is 1. The van der Waals surface area contributed by atoms with Crippen molar-refractivity contribution in [3.63, 3.8) is 0 Å². The van der Waals surface area contributed by atoms with Gasteiger partial charge in [-0.1, -0.05) is 52.0 Å². The van der Waals surface area contributed by atoms with Gasteiger partial charge in [-0.05, 0) is 93.7 Å². The van der Waals surface area contributed by atoms with Crippen molar-refractivity contribution in [1.82, 2.24) is 10.2 Å². The van der Waals surface area contributed by atoms with E-state index in [1.165, 1.54) is 5.56 Å². The number of imide groups is 1. The Balaban J connectivity index is 1.59. The van der Waals surface area contributed by atoms with E-state index in [1.54, 1.807) is 4.90 Å². The van der Waals surface area contributed by atoms with E-state index in [1.807, 2.05) is 39.8 Å². The van der Waals surface area contributed by atoms with Crippen molar-refractivity contribution in [1.29, 1.82) is 0 Å². The lowest BCUT2D eigenvalue weighted by molar-refractivity contribution is -0.156. The molecular weight excluding hydrogens is 504 g/mol. The topological polar surface area (TPSA) is 92.8 Å². The van der Waals surface area contributed by atoms with Gasteiger partial charge in [0, 0.05) is 18.5 Å². The van der Waals surface area contributed by atoms with Crippen molar-refractivity contribution in [2.45, 2.75) is 118 Å². The van der Waals surface area contributed by atoms with Crippen molar-refractivity contribution < 1.29 is 23.9 Å². The second-order valence-electron chi connectivity index (χ2n) is 14.0. The second-order valence-corrected chi connectivity index (χ2v) is 14.0. The highest BCUT2D eigenvalue weighted by atomic mass is 16.6. The van der Waals surface area contributed by atoms with Gasteiger partial charge in [-0.15, -0.1) is 0 Å². The van der Waals surface area contributed by atoms with Crippen LogP contribution in [-0.2, 0) is 25.7 Å². The van der Waals surface area contributed by atoms with Gasteiger partial charge < -0.3 is 9.64 Å². The molecule has 0 aromatic heterocycles. The van der Waals surface area contributed by atoms with E-state index in [4.69, 9.17) is 4.74 Å². The zero-order chi connectivity index (χ0) is 30.0. The Bertz CT molecular complexity index is 1160. The van der Waals surface area contributed by atoms with Gasteiger partial charge in [0.05, 0.1) is 6.42 Å². The summed E-state index contributed by atoms with van der Waals surface area (Å²) in [6.07, 6.45) is 3.85. The maximum Gasteiger partial charge on any atom is 0.306 e. The van der Waals surface area contributed by atoms with E-state index in [0.29, 0.717) is 36.8 Å². The summed E-state index contributed by atoms with van der Waals surface area (Å²) in [4.78, 5) is 51.0. The maximum absolute atomic E-state index is 13.0. The van der Waals surface area contributed by atoms with Gasteiger partial charge in [0.25, 0.3) is 5.91 Å². The number of rotatable bonds is 11. The summed E-state index contributed by atoms with van der Waals surface area (Å²) < 4.78 is 5.57. The molecule has 3 amide bonds. The number of carbonyl (C=O) groups excluding carboxylic acids is 4. The van der Waals surface area contributed by atoms with E-state index in [2.05, 4.69) is 45.7 Å². The van der Waals surface area contributed by atoms with Gasteiger partial charge >= 0.3 is 5.97 Å². The molecule has 1 fully saturated rings. The SMILES string of the molecule is C=C(C)C(CC(=O)OC(C)(C)C)CC(C)(C)CC(C)CC(C)c1ccc2c(c1)CN(C1CCC(=O)NC1=O)C2=O. The zero-order valence-electron chi connectivity index (χ0n) is 25.7. The van der Waals surface area contributed by atoms with E-state index in [0.717, 1.165) is 30.4 Å². The van der Waals surface area contributed by atoms with E-state index < -0.39 is 11.6 Å². The molecule has 0 radical (unpaired) electrons. The normalized spacial score (nSPS) is 20.1. The first-order valence-corrected chi connectivity index (χ1v) is 14.6. The molecule has 1 aromatic rings. The van der Waals surface area contributed by atoms with Crippen LogP contribution in [-0.4, -0.2) is 40.2 Å². The molecule has 1 saturated heterocycles. The number of carbonyl (C=O) groups is 4. The summed E-state index contributed by atoms with van der Waals surface area (Å²) in [5, 5.41) is 2.36. The molecule has 220 valence electrons. The number of esters is 1. The highest BCUT2D eigenvalue weighted by Crippen LogP contribution is 2.39. The summed E-state index contributed by atoms with van der Waals surface area (Å²) >= 11 is 0. The van der Waals surface area contributed by atoms with Crippen molar-refractivity contribution in [2.24, 2.45) is 17.3 Å². The summed E-state index contributed by atoms with van der Waals surface area (Å²) in [6.45, 7) is 21.3. The first-order chi connectivity index (χ1) is 18.5. The van der Waals surface area contributed by atoms with Gasteiger partial charge in [-0.3, -0.25) is 24.5 Å². The number of amides is 3. The maximum atomic E-state index is 13.0. The van der Waals surface area contributed by atoms with Crippen molar-refractivity contribution in [3.05, 3.63) is 47.0 Å². The Morgan fingerprint density at radius 3 is 2.40 bits per heavy atom. The molecule has 1 N–H and O–H groups in total. The van der Waals surface area contributed by atoms with Gasteiger partial charge in [-0.25, -0.2) is 0 Å². The average molecular weight is 553 g/mol. The number of hydrogen-bond donors (Lipinski definition) is 1. The molecule has 2 heterocycles. The fourth-order valence-electron chi connectivity index (χ4n) is 6.42. The number of fused-ring (bicyclic) bond motifs is 1. The minimum absolute atomic E-state index is 0.0254. The van der Waals surface area contributed by atoms with E-state index in [-0.39, 0.29) is 41.4 Å². The molecule has 2 aliphatic rings. The number of ether oxygens (including phenoxy) is 1. The lowest BCUT2D eigenvalue weighted by atomic mass is 9.72. The predicted molar refractivity (Wildman–Crippen MR) is 156 cm³/mol. The van der Waals surface area contributed by atoms with Crippen LogP contribution in [0.5, 0.6) is 0 Å². The molecule has 0 saturated carbocycles. The largest absolute Gasteiger partial charge is 0.460 e. The van der Waals surface area contributed by atoms with E-state index in [9.17, 15) is 19.2 Å². The summed E-state index contributed by atoms with van der Waals surface area (Å²) in [5.74, 6) is -0.154. The Morgan fingerprint density at radius 2 is 1.80 bits per heavy atom. The monoisotopic (exact) mass is 552 g/mol. The van der Waals surface area contributed by atoms with Crippen LogP contribution in [0.25, 0.3) is 0 Å². The molecule has 3 rings (SSSR count). The first-order valence-electron chi connectivity index (χ1n) is 14.6. The first kappa shape index (κ1) is 31.6. The number of allylic oxidation sites excluding steroid dienone is 1. The Morgan fingerprint density at radius 1 is 1.12 bits per heavy atom. The fraction of sp³-hybridized carbons (Fsp3) is 0.636. The van der Waals surface area contributed by atoms with Crippen LogP contribution < -0.4 is 5.32 Å². The van der Waals surface area contributed by atoms with Gasteiger partial charge in [0.2, 0.25) is 11.8 Å². The minimum atomic E-state index is -0.598. The molecular formula is C33H48N2O5. The third kappa shape index (κ3) is 8.28. The zero-order valence-corrected chi connectivity index (χ0v) is 25.7. The number of hydrogen-bond acceptors (Lipinski definition) is 5. The molecule has 0 aliphatic carbocycles. The van der Waals surface area contributed by atoms with Crippen LogP contribution in [0, 0.1) is 17.3 Å². The minimum Gasteiger partial charge on any atom is -0.460 e. The van der Waals surface area contributed by atoms with Crippen LogP contribution in [0.3, 0.4) is 0 Å². The van der Waals surface area contributed by atoms with Gasteiger partial charge in [-0.2, -0.15) is 0 Å². The Labute approximate surface area is 240 Å². The van der Waals surface area contributed by atoms with Crippen LogP contribution in [0.15, 0.2) is 30.4 Å². The Kier molecular flexibility index (Phi) is 9.69. The van der Waals surface area contributed by atoms with Crippen LogP contribution in [0.1, 0.15) is 121 Å². The molecule has 4 atom stereocenters. The third-order valence-corrected chi connectivity index (χ3v) is 8.10. The molecule has 7 heteroatoms. The predicted octanol–water partition coefficient (Wildman–Crippen LogP) is 6.31. The third-order valence-electron chi connectivity index (χ3n) is 8.10. The average Bonchev–Trinajstić information content (AvgIpc) is 3.12. The molecule has 40 heavy (non-hydrogen) atoms. The van der Waals surface area contributed by atoms with Crippen LogP contribution in [0.2, 0.25) is 0 Å². The summed E-state index contributed by atoms with van der Waals surface area (Å²) in [7, 11) is 0. The van der Waals surface area contributed by atoms with Crippen LogP contribution >= 0.6 is 0 Å². The molecule has 1 aromatic carbocycles. The van der Waals surface area contributed by atoms with Gasteiger partial charge in [0.1, 0.15) is 11.6 Å². The molecule has 7 nitrogen and oxygen atoms in total. The Hall–Kier alpha value is -2.96.